The molecular formula is C22H25NO4. The van der Waals surface area contributed by atoms with Crippen LogP contribution in [0.25, 0.3) is 0 Å². The molecule has 2 aromatic carbocycles. The van der Waals surface area contributed by atoms with Gasteiger partial charge in [-0.1, -0.05) is 29.8 Å². The van der Waals surface area contributed by atoms with Crippen LogP contribution in [0.4, 0.5) is 5.69 Å². The molecular weight excluding hydrogens is 342 g/mol. The smallest absolute Gasteiger partial charge is 0.303 e. The molecule has 1 aliphatic heterocycles. The van der Waals surface area contributed by atoms with E-state index in [-0.39, 0.29) is 24.7 Å². The van der Waals surface area contributed by atoms with Gasteiger partial charge in [-0.2, -0.15) is 0 Å². The van der Waals surface area contributed by atoms with Gasteiger partial charge in [0.25, 0.3) is 0 Å². The van der Waals surface area contributed by atoms with E-state index in [1.165, 1.54) is 11.1 Å². The highest BCUT2D eigenvalue weighted by Crippen LogP contribution is 2.32. The minimum Gasteiger partial charge on any atom is -0.497 e. The van der Waals surface area contributed by atoms with Crippen molar-refractivity contribution in [3.63, 3.8) is 0 Å². The van der Waals surface area contributed by atoms with Crippen molar-refractivity contribution in [2.24, 2.45) is 0 Å². The lowest BCUT2D eigenvalue weighted by Crippen LogP contribution is -2.36. The third-order valence-corrected chi connectivity index (χ3v) is 5.08. The van der Waals surface area contributed by atoms with Crippen molar-refractivity contribution in [2.75, 3.05) is 18.6 Å². The van der Waals surface area contributed by atoms with Crippen LogP contribution in [0, 0.1) is 6.92 Å². The molecule has 5 nitrogen and oxygen atoms in total. The maximum atomic E-state index is 13.0. The first kappa shape index (κ1) is 19.0. The van der Waals surface area contributed by atoms with Crippen molar-refractivity contribution < 1.29 is 19.4 Å². The Bertz CT molecular complexity index is 829. The van der Waals surface area contributed by atoms with Gasteiger partial charge in [0.2, 0.25) is 5.91 Å². The van der Waals surface area contributed by atoms with Gasteiger partial charge in [-0.3, -0.25) is 9.59 Å². The number of ether oxygens (including phenoxy) is 1. The summed E-state index contributed by atoms with van der Waals surface area (Å²) in [5.41, 5.74) is 4.17. The van der Waals surface area contributed by atoms with E-state index in [1.807, 2.05) is 36.1 Å². The van der Waals surface area contributed by atoms with E-state index in [0.29, 0.717) is 12.3 Å². The van der Waals surface area contributed by atoms with E-state index in [4.69, 9.17) is 4.74 Å². The second-order valence-electron chi connectivity index (χ2n) is 7.05. The standard InChI is InChI=1S/C22H25NO4/c1-15-5-10-20-17(12-15)4-3-11-23(20)21(24)13-18(14-22(25)26)16-6-8-19(27-2)9-7-16/h5-10,12,18H,3-4,11,13-14H2,1-2H3,(H,25,26). The number of anilines is 1. The molecule has 2 aromatic rings. The molecule has 27 heavy (non-hydrogen) atoms. The summed E-state index contributed by atoms with van der Waals surface area (Å²) in [6.07, 6.45) is 1.99. The number of carboxylic acid groups (broad SMARTS) is 1. The molecule has 1 aliphatic rings. The summed E-state index contributed by atoms with van der Waals surface area (Å²) in [7, 11) is 1.59. The largest absolute Gasteiger partial charge is 0.497 e. The first-order valence-electron chi connectivity index (χ1n) is 9.23. The second kappa shape index (κ2) is 8.25. The Morgan fingerprint density at radius 1 is 1.15 bits per heavy atom. The summed E-state index contributed by atoms with van der Waals surface area (Å²) in [5.74, 6) is -0.587. The summed E-state index contributed by atoms with van der Waals surface area (Å²) >= 11 is 0. The van der Waals surface area contributed by atoms with Crippen LogP contribution in [0.3, 0.4) is 0 Å². The number of hydrogen-bond acceptors (Lipinski definition) is 3. The fourth-order valence-corrected chi connectivity index (χ4v) is 3.70. The molecule has 0 radical (unpaired) electrons. The van der Waals surface area contributed by atoms with Crippen LogP contribution in [-0.2, 0) is 16.0 Å². The normalized spacial score (nSPS) is 14.4. The number of carboxylic acids is 1. The molecule has 1 N–H and O–H groups in total. The Hall–Kier alpha value is -2.82. The highest BCUT2D eigenvalue weighted by atomic mass is 16.5. The van der Waals surface area contributed by atoms with E-state index in [0.717, 1.165) is 24.1 Å². The number of rotatable bonds is 6. The van der Waals surface area contributed by atoms with Gasteiger partial charge in [0.15, 0.2) is 0 Å². The molecule has 0 aromatic heterocycles. The number of fused-ring (bicyclic) bond motifs is 1. The molecule has 0 bridgehead atoms. The van der Waals surface area contributed by atoms with Crippen molar-refractivity contribution in [2.45, 2.75) is 38.5 Å². The highest BCUT2D eigenvalue weighted by Gasteiger charge is 2.26. The molecule has 0 saturated heterocycles. The maximum absolute atomic E-state index is 13.0. The van der Waals surface area contributed by atoms with Crippen molar-refractivity contribution in [1.82, 2.24) is 0 Å². The number of aryl methyl sites for hydroxylation is 2. The molecule has 1 amide bonds. The fourth-order valence-electron chi connectivity index (χ4n) is 3.70. The van der Waals surface area contributed by atoms with E-state index < -0.39 is 5.97 Å². The fraction of sp³-hybridized carbons (Fsp3) is 0.364. The average Bonchev–Trinajstić information content (AvgIpc) is 2.66. The van der Waals surface area contributed by atoms with E-state index >= 15 is 0 Å². The van der Waals surface area contributed by atoms with Gasteiger partial charge >= 0.3 is 5.97 Å². The van der Waals surface area contributed by atoms with Crippen molar-refractivity contribution >= 4 is 17.6 Å². The first-order valence-corrected chi connectivity index (χ1v) is 9.23. The van der Waals surface area contributed by atoms with Crippen molar-refractivity contribution in [3.8, 4) is 5.75 Å². The van der Waals surface area contributed by atoms with Gasteiger partial charge in [0, 0.05) is 24.6 Å². The van der Waals surface area contributed by atoms with Crippen LogP contribution >= 0.6 is 0 Å². The second-order valence-corrected chi connectivity index (χ2v) is 7.05. The molecule has 0 spiro atoms. The lowest BCUT2D eigenvalue weighted by molar-refractivity contribution is -0.137. The van der Waals surface area contributed by atoms with E-state index in [1.54, 1.807) is 19.2 Å². The number of hydrogen-bond donors (Lipinski definition) is 1. The molecule has 5 heteroatoms. The van der Waals surface area contributed by atoms with Gasteiger partial charge in [-0.05, 0) is 49.1 Å². The van der Waals surface area contributed by atoms with Gasteiger partial charge in [0.1, 0.15) is 5.75 Å². The summed E-state index contributed by atoms with van der Waals surface area (Å²) in [6, 6.07) is 13.4. The summed E-state index contributed by atoms with van der Waals surface area (Å²) in [4.78, 5) is 26.2. The van der Waals surface area contributed by atoms with Gasteiger partial charge in [-0.25, -0.2) is 0 Å². The zero-order valence-corrected chi connectivity index (χ0v) is 15.8. The molecule has 3 rings (SSSR count). The number of benzene rings is 2. The number of nitrogens with zero attached hydrogens (tertiary/aromatic N) is 1. The quantitative estimate of drug-likeness (QED) is 0.840. The lowest BCUT2D eigenvalue weighted by Gasteiger charge is -2.31. The monoisotopic (exact) mass is 367 g/mol. The first-order chi connectivity index (χ1) is 13.0. The number of carbonyl (C=O) groups is 2. The predicted octanol–water partition coefficient (Wildman–Crippen LogP) is 3.93. The van der Waals surface area contributed by atoms with Crippen LogP contribution in [-0.4, -0.2) is 30.6 Å². The lowest BCUT2D eigenvalue weighted by atomic mass is 9.91. The van der Waals surface area contributed by atoms with Crippen molar-refractivity contribution in [1.29, 1.82) is 0 Å². The Morgan fingerprint density at radius 3 is 2.56 bits per heavy atom. The third-order valence-electron chi connectivity index (χ3n) is 5.08. The number of amides is 1. The van der Waals surface area contributed by atoms with Gasteiger partial charge in [0.05, 0.1) is 13.5 Å². The summed E-state index contributed by atoms with van der Waals surface area (Å²) in [5, 5.41) is 9.31. The van der Waals surface area contributed by atoms with E-state index in [2.05, 4.69) is 6.07 Å². The number of methoxy groups -OCH3 is 1. The molecule has 142 valence electrons. The summed E-state index contributed by atoms with van der Waals surface area (Å²) in [6.45, 7) is 2.73. The molecule has 1 heterocycles. The Labute approximate surface area is 159 Å². The molecule has 1 unspecified atom stereocenters. The van der Waals surface area contributed by atoms with Crippen LogP contribution in [0.5, 0.6) is 5.75 Å². The van der Waals surface area contributed by atoms with E-state index in [9.17, 15) is 14.7 Å². The zero-order chi connectivity index (χ0) is 19.4. The summed E-state index contributed by atoms with van der Waals surface area (Å²) < 4.78 is 5.16. The molecule has 1 atom stereocenters. The Balaban J connectivity index is 1.81. The number of carbonyl (C=O) groups excluding carboxylic acids is 1. The average molecular weight is 367 g/mol. The Morgan fingerprint density at radius 2 is 1.89 bits per heavy atom. The molecule has 0 aliphatic carbocycles. The SMILES string of the molecule is COc1ccc(C(CC(=O)O)CC(=O)N2CCCc3cc(C)ccc32)cc1. The van der Waals surface area contributed by atoms with Crippen LogP contribution in [0.15, 0.2) is 42.5 Å². The molecule has 0 fully saturated rings. The minimum atomic E-state index is -0.904. The van der Waals surface area contributed by atoms with Crippen LogP contribution < -0.4 is 9.64 Å². The maximum Gasteiger partial charge on any atom is 0.303 e. The minimum absolute atomic E-state index is 0.0260. The topological polar surface area (TPSA) is 66.8 Å². The number of aliphatic carboxylic acids is 1. The highest BCUT2D eigenvalue weighted by molar-refractivity contribution is 5.95. The van der Waals surface area contributed by atoms with Gasteiger partial charge in [-0.15, -0.1) is 0 Å². The van der Waals surface area contributed by atoms with Crippen molar-refractivity contribution in [3.05, 3.63) is 59.2 Å². The Kier molecular flexibility index (Phi) is 5.79. The molecule has 0 saturated carbocycles. The third kappa shape index (κ3) is 4.48. The zero-order valence-electron chi connectivity index (χ0n) is 15.8. The van der Waals surface area contributed by atoms with Gasteiger partial charge < -0.3 is 14.7 Å². The van der Waals surface area contributed by atoms with Crippen LogP contribution in [0.2, 0.25) is 0 Å². The van der Waals surface area contributed by atoms with Crippen LogP contribution in [0.1, 0.15) is 41.9 Å². The predicted molar refractivity (Wildman–Crippen MR) is 104 cm³/mol.